The molecule has 2 heterocycles. The maximum Gasteiger partial charge on any atom is 0.123 e. The van der Waals surface area contributed by atoms with Gasteiger partial charge < -0.3 is 5.32 Å². The van der Waals surface area contributed by atoms with Gasteiger partial charge in [0.15, 0.2) is 0 Å². The highest BCUT2D eigenvalue weighted by atomic mass is 35.5. The van der Waals surface area contributed by atoms with Gasteiger partial charge in [-0.15, -0.1) is 21.5 Å². The minimum atomic E-state index is 0.204. The fourth-order valence-electron chi connectivity index (χ4n) is 1.97. The van der Waals surface area contributed by atoms with Crippen LogP contribution in [0.1, 0.15) is 18.5 Å². The number of anilines is 1. The molecule has 0 saturated heterocycles. The Labute approximate surface area is 126 Å². The van der Waals surface area contributed by atoms with Crippen LogP contribution in [0.5, 0.6) is 0 Å². The van der Waals surface area contributed by atoms with Gasteiger partial charge in [0.1, 0.15) is 12.7 Å². The van der Waals surface area contributed by atoms with Gasteiger partial charge in [0.2, 0.25) is 0 Å². The van der Waals surface area contributed by atoms with Gasteiger partial charge in [-0.05, 0) is 42.1 Å². The maximum absolute atomic E-state index is 5.97. The van der Waals surface area contributed by atoms with Crippen molar-refractivity contribution < 1.29 is 0 Å². The first-order valence-electron chi connectivity index (χ1n) is 6.18. The van der Waals surface area contributed by atoms with E-state index in [1.807, 2.05) is 28.8 Å². The Hall–Kier alpha value is -1.85. The quantitative estimate of drug-likeness (QED) is 0.787. The summed E-state index contributed by atoms with van der Waals surface area (Å²) in [5.74, 6) is 0. The summed E-state index contributed by atoms with van der Waals surface area (Å²) in [4.78, 5) is 0. The van der Waals surface area contributed by atoms with Crippen LogP contribution in [0.2, 0.25) is 4.34 Å². The summed E-state index contributed by atoms with van der Waals surface area (Å²) in [6, 6.07) is 10.3. The van der Waals surface area contributed by atoms with Crippen molar-refractivity contribution in [1.29, 1.82) is 0 Å². The smallest absolute Gasteiger partial charge is 0.123 e. The number of hydrogen-bond donors (Lipinski definition) is 1. The van der Waals surface area contributed by atoms with Crippen molar-refractivity contribution in [2.24, 2.45) is 0 Å². The van der Waals surface area contributed by atoms with E-state index in [0.717, 1.165) is 15.7 Å². The molecular formula is C14H13ClN4S. The average Bonchev–Trinajstić information content (AvgIpc) is 3.10. The predicted molar refractivity (Wildman–Crippen MR) is 82.7 cm³/mol. The lowest BCUT2D eigenvalue weighted by Gasteiger charge is -2.15. The Balaban J connectivity index is 1.79. The summed E-state index contributed by atoms with van der Waals surface area (Å²) in [7, 11) is 0. The van der Waals surface area contributed by atoms with Crippen LogP contribution in [0.25, 0.3) is 5.69 Å². The van der Waals surface area contributed by atoms with Crippen LogP contribution >= 0.6 is 22.9 Å². The minimum absolute atomic E-state index is 0.204. The first kappa shape index (κ1) is 13.1. The average molecular weight is 305 g/mol. The Bertz CT molecular complexity index is 693. The molecule has 0 amide bonds. The molecule has 1 atom stereocenters. The zero-order valence-corrected chi connectivity index (χ0v) is 12.4. The minimum Gasteiger partial charge on any atom is -0.378 e. The fourth-order valence-corrected chi connectivity index (χ4v) is 2.96. The van der Waals surface area contributed by atoms with Crippen molar-refractivity contribution in [1.82, 2.24) is 14.8 Å². The van der Waals surface area contributed by atoms with Gasteiger partial charge in [-0.25, -0.2) is 0 Å². The van der Waals surface area contributed by atoms with E-state index in [0.29, 0.717) is 0 Å². The third-order valence-electron chi connectivity index (χ3n) is 3.03. The molecule has 0 fully saturated rings. The number of nitrogens with zero attached hydrogens (tertiary/aromatic N) is 3. The fraction of sp³-hybridized carbons (Fsp3) is 0.143. The zero-order chi connectivity index (χ0) is 13.9. The molecule has 0 spiro atoms. The molecule has 1 N–H and O–H groups in total. The number of benzene rings is 1. The van der Waals surface area contributed by atoms with E-state index in [1.54, 1.807) is 24.0 Å². The number of hydrogen-bond acceptors (Lipinski definition) is 4. The first-order chi connectivity index (χ1) is 9.72. The van der Waals surface area contributed by atoms with Crippen molar-refractivity contribution in [2.75, 3.05) is 5.32 Å². The standard InChI is InChI=1S/C14H13ClN4S/c1-10(11-5-14(15)20-7-11)18-12-3-2-4-13(6-12)19-8-16-17-9-19/h2-10,18H,1H3. The molecule has 0 aliphatic heterocycles. The van der Waals surface area contributed by atoms with Crippen molar-refractivity contribution in [3.8, 4) is 5.69 Å². The SMILES string of the molecule is CC(Nc1cccc(-n2cnnc2)c1)c1csc(Cl)c1. The summed E-state index contributed by atoms with van der Waals surface area (Å²) in [6.45, 7) is 2.11. The highest BCUT2D eigenvalue weighted by Gasteiger charge is 2.08. The Morgan fingerprint density at radius 3 is 2.75 bits per heavy atom. The van der Waals surface area contributed by atoms with Gasteiger partial charge in [-0.3, -0.25) is 4.57 Å². The Kier molecular flexibility index (Phi) is 3.71. The zero-order valence-electron chi connectivity index (χ0n) is 10.8. The third kappa shape index (κ3) is 2.84. The summed E-state index contributed by atoms with van der Waals surface area (Å²) in [5.41, 5.74) is 3.26. The summed E-state index contributed by atoms with van der Waals surface area (Å²) < 4.78 is 2.68. The number of aromatic nitrogens is 3. The lowest BCUT2D eigenvalue weighted by molar-refractivity contribution is 0.889. The number of thiophene rings is 1. The molecule has 3 rings (SSSR count). The number of nitrogens with one attached hydrogen (secondary N) is 1. The van der Waals surface area contributed by atoms with Crippen LogP contribution < -0.4 is 5.32 Å². The first-order valence-corrected chi connectivity index (χ1v) is 7.43. The molecule has 102 valence electrons. The van der Waals surface area contributed by atoms with Gasteiger partial charge >= 0.3 is 0 Å². The molecule has 0 saturated carbocycles. The summed E-state index contributed by atoms with van der Waals surface area (Å²) in [5, 5.41) is 13.2. The van der Waals surface area contributed by atoms with E-state index in [9.17, 15) is 0 Å². The molecule has 0 bridgehead atoms. The van der Waals surface area contributed by atoms with Gasteiger partial charge in [-0.1, -0.05) is 17.7 Å². The van der Waals surface area contributed by atoms with Crippen LogP contribution in [-0.2, 0) is 0 Å². The number of rotatable bonds is 4. The van der Waals surface area contributed by atoms with Crippen LogP contribution in [-0.4, -0.2) is 14.8 Å². The van der Waals surface area contributed by atoms with E-state index >= 15 is 0 Å². The molecule has 20 heavy (non-hydrogen) atoms. The second-order valence-electron chi connectivity index (χ2n) is 4.47. The van der Waals surface area contributed by atoms with E-state index < -0.39 is 0 Å². The highest BCUT2D eigenvalue weighted by molar-refractivity contribution is 7.14. The van der Waals surface area contributed by atoms with Crippen molar-refractivity contribution in [2.45, 2.75) is 13.0 Å². The second kappa shape index (κ2) is 5.64. The molecule has 1 unspecified atom stereocenters. The van der Waals surface area contributed by atoms with Gasteiger partial charge in [-0.2, -0.15) is 0 Å². The van der Waals surface area contributed by atoms with Crippen LogP contribution in [0.4, 0.5) is 5.69 Å². The van der Waals surface area contributed by atoms with Crippen molar-refractivity contribution in [3.05, 3.63) is 58.3 Å². The lowest BCUT2D eigenvalue weighted by atomic mass is 10.1. The topological polar surface area (TPSA) is 42.7 Å². The Morgan fingerprint density at radius 2 is 2.05 bits per heavy atom. The molecule has 1 aromatic carbocycles. The van der Waals surface area contributed by atoms with Crippen molar-refractivity contribution in [3.63, 3.8) is 0 Å². The Morgan fingerprint density at radius 1 is 1.25 bits per heavy atom. The molecule has 4 nitrogen and oxygen atoms in total. The summed E-state index contributed by atoms with van der Waals surface area (Å²) in [6.07, 6.45) is 3.36. The van der Waals surface area contributed by atoms with Crippen LogP contribution in [0.3, 0.4) is 0 Å². The monoisotopic (exact) mass is 304 g/mol. The molecule has 3 aromatic rings. The van der Waals surface area contributed by atoms with Gasteiger partial charge in [0.25, 0.3) is 0 Å². The summed E-state index contributed by atoms with van der Waals surface area (Å²) >= 11 is 7.52. The molecule has 0 aliphatic carbocycles. The van der Waals surface area contributed by atoms with Gasteiger partial charge in [0.05, 0.1) is 10.0 Å². The van der Waals surface area contributed by atoms with E-state index in [4.69, 9.17) is 11.6 Å². The van der Waals surface area contributed by atoms with E-state index in [-0.39, 0.29) is 6.04 Å². The largest absolute Gasteiger partial charge is 0.378 e. The second-order valence-corrected chi connectivity index (χ2v) is 6.01. The molecule has 0 radical (unpaired) electrons. The number of halogens is 1. The molecule has 2 aromatic heterocycles. The maximum atomic E-state index is 5.97. The van der Waals surface area contributed by atoms with Gasteiger partial charge in [0, 0.05) is 11.7 Å². The van der Waals surface area contributed by atoms with Crippen LogP contribution in [0, 0.1) is 0 Å². The molecule has 0 aliphatic rings. The third-order valence-corrected chi connectivity index (χ3v) is 4.14. The molecule has 6 heteroatoms. The van der Waals surface area contributed by atoms with Crippen LogP contribution in [0.15, 0.2) is 48.4 Å². The van der Waals surface area contributed by atoms with E-state index in [1.165, 1.54) is 5.56 Å². The van der Waals surface area contributed by atoms with E-state index in [2.05, 4.69) is 33.9 Å². The molecular weight excluding hydrogens is 292 g/mol. The normalized spacial score (nSPS) is 12.3. The van der Waals surface area contributed by atoms with Crippen molar-refractivity contribution >= 4 is 28.6 Å². The highest BCUT2D eigenvalue weighted by Crippen LogP contribution is 2.27. The predicted octanol–water partition coefficient (Wildman–Crippen LogP) is 4.16. The lowest BCUT2D eigenvalue weighted by Crippen LogP contribution is -2.05.